The van der Waals surface area contributed by atoms with Crippen LogP contribution in [0.4, 0.5) is 5.69 Å². The lowest BCUT2D eigenvalue weighted by Crippen LogP contribution is -2.14. The Morgan fingerprint density at radius 1 is 1.14 bits per heavy atom. The van der Waals surface area contributed by atoms with Gasteiger partial charge in [0.1, 0.15) is 5.58 Å². The number of aryl methyl sites for hydroxylation is 2. The molecule has 1 aromatic heterocycles. The minimum atomic E-state index is -0.0397. The Balaban J connectivity index is 1.79. The van der Waals surface area contributed by atoms with Gasteiger partial charge in [0, 0.05) is 20.2 Å². The van der Waals surface area contributed by atoms with Crippen LogP contribution in [0.15, 0.2) is 47.1 Å². The number of anilines is 1. The van der Waals surface area contributed by atoms with Crippen molar-refractivity contribution in [3.63, 3.8) is 0 Å². The van der Waals surface area contributed by atoms with Crippen LogP contribution in [0.1, 0.15) is 16.7 Å². The van der Waals surface area contributed by atoms with Gasteiger partial charge >= 0.3 is 0 Å². The molecule has 4 heteroatoms. The Bertz CT molecular complexity index is 834. The average molecular weight is 405 g/mol. The smallest absolute Gasteiger partial charge is 0.228 e. The maximum Gasteiger partial charge on any atom is 0.228 e. The highest BCUT2D eigenvalue weighted by Crippen LogP contribution is 2.25. The highest BCUT2D eigenvalue weighted by molar-refractivity contribution is 14.1. The van der Waals surface area contributed by atoms with Gasteiger partial charge in [-0.25, -0.2) is 0 Å². The number of hydrogen-bond donors (Lipinski definition) is 1. The fourth-order valence-corrected chi connectivity index (χ4v) is 2.74. The minimum absolute atomic E-state index is 0.0397. The summed E-state index contributed by atoms with van der Waals surface area (Å²) >= 11 is 2.24. The van der Waals surface area contributed by atoms with Gasteiger partial charge in [0.2, 0.25) is 5.91 Å². The van der Waals surface area contributed by atoms with Crippen LogP contribution >= 0.6 is 22.6 Å². The van der Waals surface area contributed by atoms with Crippen molar-refractivity contribution in [3.8, 4) is 0 Å². The number of amides is 1. The summed E-state index contributed by atoms with van der Waals surface area (Å²) in [4.78, 5) is 12.2. The number of hydrogen-bond acceptors (Lipinski definition) is 2. The monoisotopic (exact) mass is 405 g/mol. The van der Waals surface area contributed by atoms with Gasteiger partial charge in [0.05, 0.1) is 12.7 Å². The summed E-state index contributed by atoms with van der Waals surface area (Å²) in [5.41, 5.74) is 4.96. The third-order valence-corrected chi connectivity index (χ3v) is 4.47. The SMILES string of the molecule is Cc1cc2occ(CC(=O)Nc3ccc(I)cc3)c2cc1C. The lowest BCUT2D eigenvalue weighted by molar-refractivity contribution is -0.115. The molecule has 1 heterocycles. The zero-order chi connectivity index (χ0) is 15.7. The molecule has 0 saturated carbocycles. The number of carbonyl (C=O) groups excluding carboxylic acids is 1. The molecule has 0 aliphatic heterocycles. The summed E-state index contributed by atoms with van der Waals surface area (Å²) in [5.74, 6) is -0.0397. The zero-order valence-corrected chi connectivity index (χ0v) is 14.6. The van der Waals surface area contributed by atoms with E-state index in [0.717, 1.165) is 25.8 Å². The normalized spacial score (nSPS) is 10.9. The van der Waals surface area contributed by atoms with Crippen LogP contribution in [0.3, 0.4) is 0 Å². The van der Waals surface area contributed by atoms with Gasteiger partial charge in [-0.05, 0) is 84.0 Å². The molecule has 3 nitrogen and oxygen atoms in total. The number of nitrogens with one attached hydrogen (secondary N) is 1. The van der Waals surface area contributed by atoms with Crippen molar-refractivity contribution < 1.29 is 9.21 Å². The topological polar surface area (TPSA) is 42.2 Å². The van der Waals surface area contributed by atoms with Gasteiger partial charge in [-0.2, -0.15) is 0 Å². The predicted molar refractivity (Wildman–Crippen MR) is 97.2 cm³/mol. The molecule has 3 rings (SSSR count). The van der Waals surface area contributed by atoms with Crippen LogP contribution in [0, 0.1) is 17.4 Å². The van der Waals surface area contributed by atoms with E-state index in [1.807, 2.05) is 30.3 Å². The Hall–Kier alpha value is -1.82. The molecule has 0 fully saturated rings. The van der Waals surface area contributed by atoms with Crippen molar-refractivity contribution in [1.82, 2.24) is 0 Å². The van der Waals surface area contributed by atoms with Gasteiger partial charge in [-0.1, -0.05) is 0 Å². The van der Waals surface area contributed by atoms with Crippen LogP contribution in [0.2, 0.25) is 0 Å². The average Bonchev–Trinajstić information content (AvgIpc) is 2.84. The van der Waals surface area contributed by atoms with E-state index >= 15 is 0 Å². The zero-order valence-electron chi connectivity index (χ0n) is 12.4. The van der Waals surface area contributed by atoms with E-state index in [0.29, 0.717) is 6.42 Å². The molecular weight excluding hydrogens is 389 g/mol. The molecule has 0 atom stereocenters. The number of carbonyl (C=O) groups is 1. The number of rotatable bonds is 3. The summed E-state index contributed by atoms with van der Waals surface area (Å²) in [6.45, 7) is 4.12. The van der Waals surface area contributed by atoms with E-state index in [4.69, 9.17) is 4.42 Å². The number of benzene rings is 2. The van der Waals surface area contributed by atoms with Gasteiger partial charge in [-0.3, -0.25) is 4.79 Å². The Labute approximate surface area is 142 Å². The molecule has 1 N–H and O–H groups in total. The first-order valence-electron chi connectivity index (χ1n) is 7.05. The molecule has 0 spiro atoms. The molecule has 0 aliphatic rings. The van der Waals surface area contributed by atoms with E-state index in [-0.39, 0.29) is 5.91 Å². The Morgan fingerprint density at radius 3 is 2.55 bits per heavy atom. The summed E-state index contributed by atoms with van der Waals surface area (Å²) in [7, 11) is 0. The van der Waals surface area contributed by atoms with Crippen LogP contribution in [-0.2, 0) is 11.2 Å². The molecule has 0 aliphatic carbocycles. The Kier molecular flexibility index (Phi) is 4.20. The van der Waals surface area contributed by atoms with Gasteiger partial charge < -0.3 is 9.73 Å². The number of halogens is 1. The third-order valence-electron chi connectivity index (χ3n) is 3.75. The largest absolute Gasteiger partial charge is 0.464 e. The summed E-state index contributed by atoms with van der Waals surface area (Å²) in [6.07, 6.45) is 1.98. The first-order valence-corrected chi connectivity index (χ1v) is 8.13. The minimum Gasteiger partial charge on any atom is -0.464 e. The molecule has 0 saturated heterocycles. The van der Waals surface area contributed by atoms with Crippen molar-refractivity contribution in [2.75, 3.05) is 5.32 Å². The van der Waals surface area contributed by atoms with E-state index in [1.54, 1.807) is 6.26 Å². The second-order valence-corrected chi connectivity index (χ2v) is 6.67. The molecule has 3 aromatic rings. The summed E-state index contributed by atoms with van der Waals surface area (Å²) in [5, 5.41) is 3.93. The molecular formula is C18H16INO2. The molecule has 22 heavy (non-hydrogen) atoms. The maximum absolute atomic E-state index is 12.2. The lowest BCUT2D eigenvalue weighted by atomic mass is 10.0. The molecule has 2 aromatic carbocycles. The van der Waals surface area contributed by atoms with Crippen molar-refractivity contribution >= 4 is 45.2 Å². The van der Waals surface area contributed by atoms with Crippen molar-refractivity contribution in [1.29, 1.82) is 0 Å². The van der Waals surface area contributed by atoms with E-state index in [1.165, 1.54) is 11.1 Å². The fraction of sp³-hybridized carbons (Fsp3) is 0.167. The first kappa shape index (κ1) is 15.1. The van der Waals surface area contributed by atoms with Crippen molar-refractivity contribution in [2.24, 2.45) is 0 Å². The van der Waals surface area contributed by atoms with Crippen LogP contribution < -0.4 is 5.32 Å². The van der Waals surface area contributed by atoms with E-state index in [2.05, 4.69) is 47.8 Å². The second-order valence-electron chi connectivity index (χ2n) is 5.43. The van der Waals surface area contributed by atoms with Crippen molar-refractivity contribution in [3.05, 3.63) is 62.9 Å². The predicted octanol–water partition coefficient (Wildman–Crippen LogP) is 4.84. The van der Waals surface area contributed by atoms with Gasteiger partial charge in [0.25, 0.3) is 0 Å². The third kappa shape index (κ3) is 3.16. The highest BCUT2D eigenvalue weighted by Gasteiger charge is 2.12. The highest BCUT2D eigenvalue weighted by atomic mass is 127. The van der Waals surface area contributed by atoms with Crippen LogP contribution in [-0.4, -0.2) is 5.91 Å². The quantitative estimate of drug-likeness (QED) is 0.634. The van der Waals surface area contributed by atoms with Crippen LogP contribution in [0.25, 0.3) is 11.0 Å². The summed E-state index contributed by atoms with van der Waals surface area (Å²) in [6, 6.07) is 11.8. The molecule has 0 radical (unpaired) electrons. The molecule has 0 bridgehead atoms. The van der Waals surface area contributed by atoms with Gasteiger partial charge in [0.15, 0.2) is 0 Å². The lowest BCUT2D eigenvalue weighted by Gasteiger charge is -2.05. The number of fused-ring (bicyclic) bond motifs is 1. The first-order chi connectivity index (χ1) is 10.5. The number of furan rings is 1. The molecule has 1 amide bonds. The standard InChI is InChI=1S/C18H16INO2/c1-11-7-16-13(10-22-17(16)8-12(11)2)9-18(21)20-15-5-3-14(19)4-6-15/h3-8,10H,9H2,1-2H3,(H,20,21). The summed E-state index contributed by atoms with van der Waals surface area (Å²) < 4.78 is 6.71. The Morgan fingerprint density at radius 2 is 1.82 bits per heavy atom. The molecule has 0 unspecified atom stereocenters. The van der Waals surface area contributed by atoms with Crippen LogP contribution in [0.5, 0.6) is 0 Å². The van der Waals surface area contributed by atoms with Gasteiger partial charge in [-0.15, -0.1) is 0 Å². The van der Waals surface area contributed by atoms with E-state index in [9.17, 15) is 4.79 Å². The maximum atomic E-state index is 12.2. The van der Waals surface area contributed by atoms with E-state index < -0.39 is 0 Å². The van der Waals surface area contributed by atoms with Crippen molar-refractivity contribution in [2.45, 2.75) is 20.3 Å². The second kappa shape index (κ2) is 6.12. The molecule has 112 valence electrons. The fourth-order valence-electron chi connectivity index (χ4n) is 2.38.